The standard InChI is InChI=1S/C41H70O6P2/c1-33(2)17-11-19-35(5)21-13-23-37(7)25-15-27-39(9)29-31-41(48(42,43)44,49(45,46)47)32-30-40(10)28-16-26-38(8)24-14-22-36(6)20-12-18-34(3)4/h17-18,21-22,25-26,29-30H,11-16,19-20,23-24,27-28,31-32H2,1-10H3,(H2,42,43,44)(H2,45,46,47)/b35-21+,36-22+,37-25+,38-26+,39-29+,40-30+. The first-order chi connectivity index (χ1) is 22.7. The molecule has 0 aromatic rings. The molecule has 0 bridgehead atoms. The third-order valence-electron chi connectivity index (χ3n) is 8.95. The first-order valence-electron chi connectivity index (χ1n) is 18.0. The fourth-order valence-electron chi connectivity index (χ4n) is 5.38. The zero-order valence-corrected chi connectivity index (χ0v) is 34.3. The van der Waals surface area contributed by atoms with E-state index < -0.39 is 32.9 Å². The van der Waals surface area contributed by atoms with Crippen molar-refractivity contribution in [2.24, 2.45) is 0 Å². The van der Waals surface area contributed by atoms with Crippen molar-refractivity contribution < 1.29 is 28.7 Å². The monoisotopic (exact) mass is 720 g/mol. The minimum absolute atomic E-state index is 0.392. The highest BCUT2D eigenvalue weighted by atomic mass is 31.2. The molecule has 6 nitrogen and oxygen atoms in total. The van der Waals surface area contributed by atoms with Crippen LogP contribution in [0.2, 0.25) is 0 Å². The maximum Gasteiger partial charge on any atom is 0.344 e. The predicted molar refractivity (Wildman–Crippen MR) is 213 cm³/mol. The van der Waals surface area contributed by atoms with Gasteiger partial charge in [-0.15, -0.1) is 0 Å². The SMILES string of the molecule is CC(C)=CCC/C(C)=C/CC/C(C)=C/CC/C(C)=C/CC(C/C=C(\C)CC/C=C(\C)CC/C=C(\C)CCC=C(C)C)(P(=O)(O)O)P(=O)(O)O. The highest BCUT2D eigenvalue weighted by Crippen LogP contribution is 2.72. The van der Waals surface area contributed by atoms with Gasteiger partial charge >= 0.3 is 15.2 Å². The molecule has 49 heavy (non-hydrogen) atoms. The van der Waals surface area contributed by atoms with E-state index in [1.807, 2.05) is 13.8 Å². The summed E-state index contributed by atoms with van der Waals surface area (Å²) < 4.78 is 25.4. The van der Waals surface area contributed by atoms with Gasteiger partial charge in [0.1, 0.15) is 0 Å². The average Bonchev–Trinajstić information content (AvgIpc) is 2.95. The summed E-state index contributed by atoms with van der Waals surface area (Å²) in [5, 5.41) is 0. The van der Waals surface area contributed by atoms with Crippen molar-refractivity contribution in [3.63, 3.8) is 0 Å². The summed E-state index contributed by atoms with van der Waals surface area (Å²) >= 11 is 0. The molecule has 0 aliphatic rings. The van der Waals surface area contributed by atoms with Crippen LogP contribution < -0.4 is 0 Å². The first-order valence-corrected chi connectivity index (χ1v) is 21.2. The molecule has 4 N–H and O–H groups in total. The lowest BCUT2D eigenvalue weighted by molar-refractivity contribution is 0.307. The van der Waals surface area contributed by atoms with Crippen LogP contribution >= 0.6 is 15.2 Å². The molecule has 0 aliphatic carbocycles. The molecule has 0 heterocycles. The van der Waals surface area contributed by atoms with Crippen LogP contribution in [-0.2, 0) is 9.13 Å². The van der Waals surface area contributed by atoms with E-state index >= 15 is 0 Å². The van der Waals surface area contributed by atoms with Crippen molar-refractivity contribution >= 4 is 15.2 Å². The minimum atomic E-state index is -5.18. The molecule has 0 unspecified atom stereocenters. The zero-order valence-electron chi connectivity index (χ0n) is 32.5. The second-order valence-corrected chi connectivity index (χ2v) is 18.8. The van der Waals surface area contributed by atoms with E-state index in [9.17, 15) is 28.7 Å². The van der Waals surface area contributed by atoms with Crippen LogP contribution in [0, 0.1) is 0 Å². The molecule has 0 saturated heterocycles. The molecule has 0 radical (unpaired) electrons. The minimum Gasteiger partial charge on any atom is -0.324 e. The quantitative estimate of drug-likeness (QED) is 0.0583. The van der Waals surface area contributed by atoms with E-state index in [1.54, 1.807) is 12.2 Å². The number of hydrogen-bond donors (Lipinski definition) is 4. The van der Waals surface area contributed by atoms with E-state index in [-0.39, 0.29) is 0 Å². The second kappa shape index (κ2) is 24.4. The van der Waals surface area contributed by atoms with Crippen molar-refractivity contribution in [3.05, 3.63) is 93.2 Å². The first kappa shape index (κ1) is 47.2. The molecule has 0 fully saturated rings. The van der Waals surface area contributed by atoms with Gasteiger partial charge < -0.3 is 19.6 Å². The summed E-state index contributed by atoms with van der Waals surface area (Å²) in [7, 11) is -10.4. The van der Waals surface area contributed by atoms with Crippen LogP contribution in [0.3, 0.4) is 0 Å². The summed E-state index contributed by atoms with van der Waals surface area (Å²) in [4.78, 5) is 38.7. The molecule has 0 aromatic carbocycles. The van der Waals surface area contributed by atoms with Crippen molar-refractivity contribution in [2.75, 3.05) is 0 Å². The third kappa shape index (κ3) is 21.9. The Morgan fingerprint density at radius 3 is 0.796 bits per heavy atom. The van der Waals surface area contributed by atoms with E-state index in [4.69, 9.17) is 0 Å². The smallest absolute Gasteiger partial charge is 0.324 e. The predicted octanol–water partition coefficient (Wildman–Crippen LogP) is 13.1. The summed E-state index contributed by atoms with van der Waals surface area (Å²) in [5.74, 6) is 0. The van der Waals surface area contributed by atoms with Crippen LogP contribution in [0.25, 0.3) is 0 Å². The Morgan fingerprint density at radius 1 is 0.388 bits per heavy atom. The Kier molecular flexibility index (Phi) is 23.5. The van der Waals surface area contributed by atoms with Gasteiger partial charge in [0.15, 0.2) is 4.90 Å². The summed E-state index contributed by atoms with van der Waals surface area (Å²) in [6.07, 6.45) is 26.9. The van der Waals surface area contributed by atoms with E-state index in [1.165, 1.54) is 33.4 Å². The number of hydrogen-bond acceptors (Lipinski definition) is 2. The average molecular weight is 721 g/mol. The topological polar surface area (TPSA) is 115 Å². The maximum absolute atomic E-state index is 12.7. The molecule has 0 rings (SSSR count). The van der Waals surface area contributed by atoms with Crippen LogP contribution in [0.4, 0.5) is 0 Å². The normalized spacial score (nSPS) is 14.7. The Labute approximate surface area is 300 Å². The fraction of sp³-hybridized carbons (Fsp3) is 0.610. The van der Waals surface area contributed by atoms with E-state index in [0.29, 0.717) is 12.8 Å². The van der Waals surface area contributed by atoms with Crippen molar-refractivity contribution in [1.29, 1.82) is 0 Å². The fourth-order valence-corrected chi connectivity index (χ4v) is 8.05. The van der Waals surface area contributed by atoms with Gasteiger partial charge in [0.25, 0.3) is 0 Å². The van der Waals surface area contributed by atoms with Crippen molar-refractivity contribution in [2.45, 2.75) is 164 Å². The molecular formula is C41H70O6P2. The van der Waals surface area contributed by atoms with Gasteiger partial charge in [-0.25, -0.2) is 0 Å². The molecule has 0 aromatic heterocycles. The molecule has 0 spiro atoms. The lowest BCUT2D eigenvalue weighted by atomic mass is 10.0. The van der Waals surface area contributed by atoms with Gasteiger partial charge in [0.2, 0.25) is 0 Å². The summed E-state index contributed by atoms with van der Waals surface area (Å²) in [6, 6.07) is 0. The Morgan fingerprint density at radius 2 is 0.592 bits per heavy atom. The van der Waals surface area contributed by atoms with Gasteiger partial charge in [-0.1, -0.05) is 93.2 Å². The van der Waals surface area contributed by atoms with Crippen LogP contribution in [0.5, 0.6) is 0 Å². The summed E-state index contributed by atoms with van der Waals surface area (Å²) in [6.45, 7) is 20.7. The van der Waals surface area contributed by atoms with Crippen LogP contribution in [0.1, 0.15) is 159 Å². The largest absolute Gasteiger partial charge is 0.344 e. The molecule has 8 heteroatoms. The van der Waals surface area contributed by atoms with Gasteiger partial charge in [-0.2, -0.15) is 0 Å². The highest BCUT2D eigenvalue weighted by molar-refractivity contribution is 7.72. The van der Waals surface area contributed by atoms with Gasteiger partial charge in [-0.05, 0) is 159 Å². The second-order valence-electron chi connectivity index (χ2n) is 14.6. The van der Waals surface area contributed by atoms with Crippen LogP contribution in [0.15, 0.2) is 93.2 Å². The Balaban J connectivity index is 5.28. The third-order valence-corrected chi connectivity index (χ3v) is 13.4. The van der Waals surface area contributed by atoms with Crippen molar-refractivity contribution in [3.8, 4) is 0 Å². The lowest BCUT2D eigenvalue weighted by Gasteiger charge is -2.33. The number of allylic oxidation sites excluding steroid dienone is 16. The molecule has 0 aliphatic heterocycles. The zero-order chi connectivity index (χ0) is 37.7. The summed E-state index contributed by atoms with van der Waals surface area (Å²) in [5.41, 5.74) is 9.75. The molecular weight excluding hydrogens is 650 g/mol. The molecule has 0 atom stereocenters. The maximum atomic E-state index is 12.7. The number of rotatable bonds is 24. The Bertz CT molecular complexity index is 1250. The molecule has 0 amide bonds. The van der Waals surface area contributed by atoms with Crippen molar-refractivity contribution in [1.82, 2.24) is 0 Å². The lowest BCUT2D eigenvalue weighted by Crippen LogP contribution is -2.28. The van der Waals surface area contributed by atoms with Crippen LogP contribution in [-0.4, -0.2) is 24.5 Å². The molecule has 0 saturated carbocycles. The highest BCUT2D eigenvalue weighted by Gasteiger charge is 2.58. The van der Waals surface area contributed by atoms with Gasteiger partial charge in [0, 0.05) is 0 Å². The van der Waals surface area contributed by atoms with E-state index in [0.717, 1.165) is 75.4 Å². The Hall–Kier alpha value is -1.78. The van der Waals surface area contributed by atoms with Gasteiger partial charge in [-0.3, -0.25) is 9.13 Å². The van der Waals surface area contributed by atoms with Gasteiger partial charge in [0.05, 0.1) is 0 Å². The molecule has 280 valence electrons. The van der Waals surface area contributed by atoms with E-state index in [2.05, 4.69) is 91.8 Å².